The Morgan fingerprint density at radius 2 is 1.97 bits per heavy atom. The van der Waals surface area contributed by atoms with Crippen molar-refractivity contribution in [2.75, 3.05) is 42.9 Å². The number of halogens is 1. The maximum absolute atomic E-state index is 12.6. The molecule has 0 unspecified atom stereocenters. The lowest BCUT2D eigenvalue weighted by Gasteiger charge is -2.37. The van der Waals surface area contributed by atoms with E-state index in [4.69, 9.17) is 4.74 Å². The number of ether oxygens (including phenoxy) is 1. The third-order valence-corrected chi connectivity index (χ3v) is 6.15. The molecule has 0 bridgehead atoms. The normalized spacial score (nSPS) is 14.2. The lowest BCUT2D eigenvalue weighted by atomic mass is 10.2. The first-order valence-corrected chi connectivity index (χ1v) is 12.3. The molecule has 0 aromatic carbocycles. The van der Waals surface area contributed by atoms with Gasteiger partial charge < -0.3 is 30.2 Å². The molecule has 3 aromatic heterocycles. The van der Waals surface area contributed by atoms with Gasteiger partial charge in [-0.15, -0.1) is 0 Å². The third kappa shape index (κ3) is 6.21. The van der Waals surface area contributed by atoms with Crippen LogP contribution in [0, 0.1) is 0 Å². The molecule has 3 N–H and O–H groups in total. The van der Waals surface area contributed by atoms with Gasteiger partial charge in [0.15, 0.2) is 0 Å². The second-order valence-corrected chi connectivity index (χ2v) is 10.2. The lowest BCUT2D eigenvalue weighted by molar-refractivity contribution is -0.130. The highest BCUT2D eigenvalue weighted by atomic mass is 79.9. The van der Waals surface area contributed by atoms with Crippen molar-refractivity contribution in [1.29, 1.82) is 0 Å². The highest BCUT2D eigenvalue weighted by Crippen LogP contribution is 2.38. The second kappa shape index (κ2) is 10.5. The number of nitrogens with one attached hydrogen (secondary N) is 3. The van der Waals surface area contributed by atoms with Crippen molar-refractivity contribution < 1.29 is 14.3 Å². The lowest BCUT2D eigenvalue weighted by Crippen LogP contribution is -2.51. The fraction of sp³-hybridized carbons (Fsp3) is 0.417. The number of alkyl carbamates (subject to hydrolysis) is 1. The number of piperazine rings is 1. The molecule has 1 aliphatic heterocycles. The summed E-state index contributed by atoms with van der Waals surface area (Å²) in [6.07, 6.45) is 6.72. The Balaban J connectivity index is 1.41. The van der Waals surface area contributed by atoms with Crippen LogP contribution >= 0.6 is 15.9 Å². The van der Waals surface area contributed by atoms with Crippen LogP contribution in [0.4, 0.5) is 16.2 Å². The van der Waals surface area contributed by atoms with E-state index in [9.17, 15) is 9.59 Å². The predicted molar refractivity (Wildman–Crippen MR) is 138 cm³/mol. The number of hydrogen-bond acceptors (Lipinski definition) is 7. The largest absolute Gasteiger partial charge is 0.444 e. The maximum atomic E-state index is 12.6. The van der Waals surface area contributed by atoms with E-state index >= 15 is 0 Å². The highest BCUT2D eigenvalue weighted by molar-refractivity contribution is 9.10. The van der Waals surface area contributed by atoms with Crippen LogP contribution < -0.4 is 15.5 Å². The summed E-state index contributed by atoms with van der Waals surface area (Å²) in [5.74, 6) is -0.130. The van der Waals surface area contributed by atoms with Gasteiger partial charge in [-0.2, -0.15) is 0 Å². The Hall–Kier alpha value is -3.34. The summed E-state index contributed by atoms with van der Waals surface area (Å²) in [5, 5.41) is 7.03. The Bertz CT molecular complexity index is 1190. The number of carbonyl (C=O) groups is 2. The first-order valence-electron chi connectivity index (χ1n) is 11.5. The predicted octanol–water partition coefficient (Wildman–Crippen LogP) is 3.51. The molecule has 1 saturated heterocycles. The quantitative estimate of drug-likeness (QED) is 0.435. The van der Waals surface area contributed by atoms with Crippen molar-refractivity contribution >= 4 is 50.3 Å². The van der Waals surface area contributed by atoms with Gasteiger partial charge in [-0.05, 0) is 48.3 Å². The van der Waals surface area contributed by atoms with E-state index in [1.165, 1.54) is 0 Å². The Labute approximate surface area is 212 Å². The van der Waals surface area contributed by atoms with E-state index < -0.39 is 11.7 Å². The van der Waals surface area contributed by atoms with Crippen LogP contribution in [-0.4, -0.2) is 70.2 Å². The SMILES string of the molecule is CC(C)(C)OC(=O)NCC(=O)N1CCN(c2c(Br)cnc3[nH]cc(NCc4cccnc4)c23)CC1. The zero-order valence-corrected chi connectivity index (χ0v) is 21.7. The smallest absolute Gasteiger partial charge is 0.408 e. The molecule has 3 aromatic rings. The van der Waals surface area contributed by atoms with Crippen LogP contribution in [0.5, 0.6) is 0 Å². The van der Waals surface area contributed by atoms with Gasteiger partial charge >= 0.3 is 6.09 Å². The number of carbonyl (C=O) groups excluding carboxylic acids is 2. The van der Waals surface area contributed by atoms with Crippen molar-refractivity contribution in [2.45, 2.75) is 32.9 Å². The van der Waals surface area contributed by atoms with Crippen LogP contribution in [0.15, 0.2) is 41.4 Å². The van der Waals surface area contributed by atoms with Crippen molar-refractivity contribution in [1.82, 2.24) is 25.2 Å². The van der Waals surface area contributed by atoms with Gasteiger partial charge in [-0.3, -0.25) is 9.78 Å². The molecule has 0 spiro atoms. The first-order chi connectivity index (χ1) is 16.7. The van der Waals surface area contributed by atoms with Gasteiger partial charge in [-0.1, -0.05) is 6.07 Å². The molecule has 0 radical (unpaired) electrons. The van der Waals surface area contributed by atoms with Crippen molar-refractivity contribution in [3.05, 3.63) is 47.0 Å². The molecule has 2 amide bonds. The van der Waals surface area contributed by atoms with Crippen LogP contribution in [0.2, 0.25) is 0 Å². The summed E-state index contributed by atoms with van der Waals surface area (Å²) in [7, 11) is 0. The van der Waals surface area contributed by atoms with Gasteiger partial charge in [0.2, 0.25) is 5.91 Å². The number of amides is 2. The summed E-state index contributed by atoms with van der Waals surface area (Å²) in [6.45, 7) is 8.32. The summed E-state index contributed by atoms with van der Waals surface area (Å²) >= 11 is 3.68. The number of nitrogens with zero attached hydrogens (tertiary/aromatic N) is 4. The zero-order valence-electron chi connectivity index (χ0n) is 20.1. The summed E-state index contributed by atoms with van der Waals surface area (Å²) in [6, 6.07) is 3.94. The first kappa shape index (κ1) is 24.8. The number of aromatic amines is 1. The Morgan fingerprint density at radius 1 is 1.20 bits per heavy atom. The van der Waals surface area contributed by atoms with Crippen molar-refractivity contribution in [3.8, 4) is 0 Å². The van der Waals surface area contributed by atoms with Gasteiger partial charge in [0.05, 0.1) is 21.2 Å². The van der Waals surface area contributed by atoms with Crippen molar-refractivity contribution in [2.24, 2.45) is 0 Å². The van der Waals surface area contributed by atoms with Crippen LogP contribution in [0.1, 0.15) is 26.3 Å². The molecule has 0 aliphatic carbocycles. The zero-order chi connectivity index (χ0) is 25.0. The van der Waals surface area contributed by atoms with E-state index in [0.29, 0.717) is 32.7 Å². The molecule has 35 heavy (non-hydrogen) atoms. The molecular formula is C24H30BrN7O3. The molecule has 186 valence electrons. The molecule has 1 aliphatic rings. The molecular weight excluding hydrogens is 514 g/mol. The van der Waals surface area contributed by atoms with E-state index in [2.05, 4.69) is 46.4 Å². The minimum absolute atomic E-state index is 0.0850. The molecule has 4 heterocycles. The number of hydrogen-bond donors (Lipinski definition) is 3. The fourth-order valence-electron chi connectivity index (χ4n) is 3.96. The van der Waals surface area contributed by atoms with E-state index in [0.717, 1.165) is 32.4 Å². The van der Waals surface area contributed by atoms with E-state index in [1.807, 2.05) is 24.5 Å². The minimum atomic E-state index is -0.605. The minimum Gasteiger partial charge on any atom is -0.444 e. The topological polar surface area (TPSA) is 115 Å². The maximum Gasteiger partial charge on any atom is 0.408 e. The van der Waals surface area contributed by atoms with Gasteiger partial charge in [0.25, 0.3) is 0 Å². The van der Waals surface area contributed by atoms with E-state index in [-0.39, 0.29) is 12.5 Å². The Kier molecular flexibility index (Phi) is 7.44. The number of fused-ring (bicyclic) bond motifs is 1. The van der Waals surface area contributed by atoms with Crippen LogP contribution in [0.25, 0.3) is 11.0 Å². The average molecular weight is 544 g/mol. The van der Waals surface area contributed by atoms with Gasteiger partial charge in [-0.25, -0.2) is 9.78 Å². The molecule has 1 fully saturated rings. The summed E-state index contributed by atoms with van der Waals surface area (Å²) in [4.78, 5) is 40.4. The Morgan fingerprint density at radius 3 is 2.66 bits per heavy atom. The molecule has 10 nitrogen and oxygen atoms in total. The molecule has 4 rings (SSSR count). The third-order valence-electron chi connectivity index (χ3n) is 5.57. The molecule has 11 heteroatoms. The van der Waals surface area contributed by atoms with Crippen molar-refractivity contribution in [3.63, 3.8) is 0 Å². The number of pyridine rings is 2. The van der Waals surface area contributed by atoms with Gasteiger partial charge in [0.1, 0.15) is 17.8 Å². The fourth-order valence-corrected chi connectivity index (χ4v) is 4.51. The van der Waals surface area contributed by atoms with E-state index in [1.54, 1.807) is 38.1 Å². The number of H-pyrrole nitrogens is 1. The van der Waals surface area contributed by atoms with Crippen LogP contribution in [0.3, 0.4) is 0 Å². The number of rotatable bonds is 6. The monoisotopic (exact) mass is 543 g/mol. The second-order valence-electron chi connectivity index (χ2n) is 9.32. The summed E-state index contributed by atoms with van der Waals surface area (Å²) in [5.41, 5.74) is 3.25. The van der Waals surface area contributed by atoms with Gasteiger partial charge in [0, 0.05) is 57.5 Å². The highest BCUT2D eigenvalue weighted by Gasteiger charge is 2.26. The van der Waals surface area contributed by atoms with Crippen LogP contribution in [-0.2, 0) is 16.1 Å². The summed E-state index contributed by atoms with van der Waals surface area (Å²) < 4.78 is 6.09. The number of aromatic nitrogens is 3. The number of anilines is 2. The average Bonchev–Trinajstić information content (AvgIpc) is 3.24. The molecule has 0 atom stereocenters. The standard InChI is InChI=1S/C24H30BrN7O3/c1-24(2,3)35-23(34)30-15-19(33)31-7-9-32(10-8-31)21-17(25)13-28-22-20(21)18(14-29-22)27-12-16-5-4-6-26-11-16/h4-6,11,13-14,27H,7-10,12,15H2,1-3H3,(H,28,29)(H,30,34). The molecule has 0 saturated carbocycles.